The van der Waals surface area contributed by atoms with Crippen LogP contribution in [0.15, 0.2) is 12.3 Å². The molecular formula is C16H26FN3. The molecule has 0 radical (unpaired) electrons. The van der Waals surface area contributed by atoms with E-state index in [0.29, 0.717) is 12.6 Å². The number of rotatable bonds is 5. The summed E-state index contributed by atoms with van der Waals surface area (Å²) in [5, 5.41) is 3.36. The second kappa shape index (κ2) is 7.58. The minimum Gasteiger partial charge on any atom is -0.354 e. The maximum Gasteiger partial charge on any atom is 0.141 e. The first kappa shape index (κ1) is 15.2. The summed E-state index contributed by atoms with van der Waals surface area (Å²) in [7, 11) is 0. The minimum absolute atomic E-state index is 0.246. The third kappa shape index (κ3) is 3.92. The van der Waals surface area contributed by atoms with Crippen molar-refractivity contribution in [2.45, 2.75) is 58.5 Å². The van der Waals surface area contributed by atoms with Crippen molar-refractivity contribution in [1.82, 2.24) is 10.3 Å². The molecule has 1 saturated heterocycles. The van der Waals surface area contributed by atoms with E-state index in [0.717, 1.165) is 30.9 Å². The molecular weight excluding hydrogens is 253 g/mol. The summed E-state index contributed by atoms with van der Waals surface area (Å²) < 4.78 is 13.5. The van der Waals surface area contributed by atoms with Gasteiger partial charge in [-0.1, -0.05) is 19.8 Å². The van der Waals surface area contributed by atoms with Gasteiger partial charge in [-0.3, -0.25) is 0 Å². The number of aromatic nitrogens is 1. The third-order valence-corrected chi connectivity index (χ3v) is 3.98. The molecule has 0 saturated carbocycles. The van der Waals surface area contributed by atoms with E-state index in [2.05, 4.69) is 29.0 Å². The number of anilines is 1. The van der Waals surface area contributed by atoms with Gasteiger partial charge in [0.1, 0.15) is 11.6 Å². The molecule has 0 aromatic carbocycles. The van der Waals surface area contributed by atoms with Gasteiger partial charge in [-0.05, 0) is 38.8 Å². The Morgan fingerprint density at radius 3 is 3.05 bits per heavy atom. The van der Waals surface area contributed by atoms with Crippen LogP contribution in [-0.4, -0.2) is 24.1 Å². The van der Waals surface area contributed by atoms with Crippen molar-refractivity contribution in [1.29, 1.82) is 0 Å². The van der Waals surface area contributed by atoms with E-state index in [1.54, 1.807) is 6.07 Å². The summed E-state index contributed by atoms with van der Waals surface area (Å²) in [5.74, 6) is 0.717. The first-order chi connectivity index (χ1) is 9.72. The van der Waals surface area contributed by atoms with Crippen molar-refractivity contribution in [3.8, 4) is 0 Å². The quantitative estimate of drug-likeness (QED) is 0.836. The van der Waals surface area contributed by atoms with Crippen molar-refractivity contribution in [2.75, 3.05) is 18.0 Å². The summed E-state index contributed by atoms with van der Waals surface area (Å²) in [5.41, 5.74) is 0.979. The highest BCUT2D eigenvalue weighted by molar-refractivity contribution is 5.48. The molecule has 1 aromatic rings. The first-order valence-corrected chi connectivity index (χ1v) is 7.84. The molecule has 3 nitrogen and oxygen atoms in total. The normalized spacial score (nSPS) is 19.9. The van der Waals surface area contributed by atoms with E-state index < -0.39 is 0 Å². The maximum atomic E-state index is 13.5. The third-order valence-electron chi connectivity index (χ3n) is 3.98. The fourth-order valence-corrected chi connectivity index (χ4v) is 2.85. The fraction of sp³-hybridized carbons (Fsp3) is 0.688. The van der Waals surface area contributed by atoms with Gasteiger partial charge in [-0.25, -0.2) is 9.37 Å². The minimum atomic E-state index is -0.246. The van der Waals surface area contributed by atoms with Crippen molar-refractivity contribution in [3.63, 3.8) is 0 Å². The summed E-state index contributed by atoms with van der Waals surface area (Å²) in [6.45, 7) is 7.05. The van der Waals surface area contributed by atoms with Crippen LogP contribution in [0.2, 0.25) is 0 Å². The molecule has 1 unspecified atom stereocenters. The Labute approximate surface area is 121 Å². The molecule has 2 rings (SSSR count). The van der Waals surface area contributed by atoms with Crippen molar-refractivity contribution in [2.24, 2.45) is 0 Å². The second-order valence-electron chi connectivity index (χ2n) is 5.70. The molecule has 1 fully saturated rings. The van der Waals surface area contributed by atoms with Gasteiger partial charge in [0.25, 0.3) is 0 Å². The maximum absolute atomic E-state index is 13.5. The van der Waals surface area contributed by atoms with Crippen LogP contribution in [0.3, 0.4) is 0 Å². The molecule has 1 aliphatic heterocycles. The molecule has 1 aromatic heterocycles. The molecule has 112 valence electrons. The highest BCUT2D eigenvalue weighted by atomic mass is 19.1. The fourth-order valence-electron chi connectivity index (χ4n) is 2.85. The number of nitrogens with zero attached hydrogens (tertiary/aromatic N) is 2. The van der Waals surface area contributed by atoms with Crippen LogP contribution in [0.25, 0.3) is 0 Å². The topological polar surface area (TPSA) is 28.2 Å². The summed E-state index contributed by atoms with van der Waals surface area (Å²) in [6.07, 6.45) is 7.38. The standard InChI is InChI=1S/C16H26FN3/c1-3-8-18-11-14-10-15(17)12-19-16(14)20-9-6-4-5-7-13(20)2/h10,12-13,18H,3-9,11H2,1-2H3. The number of hydrogen-bond acceptors (Lipinski definition) is 3. The monoisotopic (exact) mass is 279 g/mol. The van der Waals surface area contributed by atoms with Crippen molar-refractivity contribution >= 4 is 5.82 Å². The molecule has 0 bridgehead atoms. The van der Waals surface area contributed by atoms with Crippen LogP contribution in [0.5, 0.6) is 0 Å². The first-order valence-electron chi connectivity index (χ1n) is 7.84. The zero-order chi connectivity index (χ0) is 14.4. The van der Waals surface area contributed by atoms with Gasteiger partial charge in [0.15, 0.2) is 0 Å². The van der Waals surface area contributed by atoms with Gasteiger partial charge in [-0.2, -0.15) is 0 Å². The summed E-state index contributed by atoms with van der Waals surface area (Å²) in [6, 6.07) is 2.11. The lowest BCUT2D eigenvalue weighted by Crippen LogP contribution is -2.34. The Hall–Kier alpha value is -1.16. The summed E-state index contributed by atoms with van der Waals surface area (Å²) >= 11 is 0. The molecule has 20 heavy (non-hydrogen) atoms. The van der Waals surface area contributed by atoms with E-state index in [-0.39, 0.29) is 5.82 Å². The number of halogens is 1. The van der Waals surface area contributed by atoms with Crippen LogP contribution in [0.4, 0.5) is 10.2 Å². The van der Waals surface area contributed by atoms with Gasteiger partial charge in [0.05, 0.1) is 6.20 Å². The zero-order valence-corrected chi connectivity index (χ0v) is 12.7. The van der Waals surface area contributed by atoms with Crippen molar-refractivity contribution in [3.05, 3.63) is 23.6 Å². The van der Waals surface area contributed by atoms with E-state index in [1.165, 1.54) is 31.9 Å². The average molecular weight is 279 g/mol. The lowest BCUT2D eigenvalue weighted by molar-refractivity contribution is 0.589. The van der Waals surface area contributed by atoms with Crippen LogP contribution in [0.1, 0.15) is 51.5 Å². The number of hydrogen-bond donors (Lipinski definition) is 1. The van der Waals surface area contributed by atoms with E-state index in [9.17, 15) is 4.39 Å². The predicted molar refractivity (Wildman–Crippen MR) is 81.5 cm³/mol. The molecule has 0 spiro atoms. The van der Waals surface area contributed by atoms with Crippen LogP contribution >= 0.6 is 0 Å². The molecule has 0 aliphatic carbocycles. The SMILES string of the molecule is CCCNCc1cc(F)cnc1N1CCCCCC1C. The Kier molecular flexibility index (Phi) is 5.77. The number of pyridine rings is 1. The van der Waals surface area contributed by atoms with E-state index >= 15 is 0 Å². The Morgan fingerprint density at radius 1 is 1.40 bits per heavy atom. The highest BCUT2D eigenvalue weighted by Gasteiger charge is 2.21. The van der Waals surface area contributed by atoms with Crippen molar-refractivity contribution < 1.29 is 4.39 Å². The Morgan fingerprint density at radius 2 is 2.25 bits per heavy atom. The van der Waals surface area contributed by atoms with Gasteiger partial charge in [0, 0.05) is 24.7 Å². The molecule has 1 N–H and O–H groups in total. The van der Waals surface area contributed by atoms with E-state index in [4.69, 9.17) is 0 Å². The molecule has 2 heterocycles. The van der Waals surface area contributed by atoms with Gasteiger partial charge >= 0.3 is 0 Å². The number of nitrogens with one attached hydrogen (secondary N) is 1. The lowest BCUT2D eigenvalue weighted by Gasteiger charge is -2.30. The van der Waals surface area contributed by atoms with Crippen LogP contribution < -0.4 is 10.2 Å². The van der Waals surface area contributed by atoms with E-state index in [1.807, 2.05) is 0 Å². The highest BCUT2D eigenvalue weighted by Crippen LogP contribution is 2.25. The van der Waals surface area contributed by atoms with Crippen LogP contribution in [-0.2, 0) is 6.54 Å². The predicted octanol–water partition coefficient (Wildman–Crippen LogP) is 3.49. The molecule has 4 heteroatoms. The lowest BCUT2D eigenvalue weighted by atomic mass is 10.1. The molecule has 1 atom stereocenters. The largest absolute Gasteiger partial charge is 0.354 e. The smallest absolute Gasteiger partial charge is 0.141 e. The van der Waals surface area contributed by atoms with Gasteiger partial charge < -0.3 is 10.2 Å². The Balaban J connectivity index is 2.19. The average Bonchev–Trinajstić information content (AvgIpc) is 2.64. The molecule has 0 amide bonds. The molecule has 1 aliphatic rings. The van der Waals surface area contributed by atoms with Gasteiger partial charge in [0.2, 0.25) is 0 Å². The second-order valence-corrected chi connectivity index (χ2v) is 5.70. The zero-order valence-electron chi connectivity index (χ0n) is 12.7. The summed E-state index contributed by atoms with van der Waals surface area (Å²) in [4.78, 5) is 6.74. The Bertz CT molecular complexity index is 422. The van der Waals surface area contributed by atoms with Gasteiger partial charge in [-0.15, -0.1) is 0 Å². The van der Waals surface area contributed by atoms with Crippen LogP contribution in [0, 0.1) is 5.82 Å².